The second kappa shape index (κ2) is 5.12. The van der Waals surface area contributed by atoms with Crippen LogP contribution in [0, 0.1) is 0 Å². The minimum atomic E-state index is -0.677. The summed E-state index contributed by atoms with van der Waals surface area (Å²) >= 11 is 0. The minimum absolute atomic E-state index is 0.0714. The summed E-state index contributed by atoms with van der Waals surface area (Å²) in [6.45, 7) is 1.61. The van der Waals surface area contributed by atoms with Crippen molar-refractivity contribution in [1.82, 2.24) is 10.3 Å². The van der Waals surface area contributed by atoms with Crippen molar-refractivity contribution in [2.75, 3.05) is 20.7 Å². The van der Waals surface area contributed by atoms with Crippen LogP contribution in [0.3, 0.4) is 0 Å². The van der Waals surface area contributed by atoms with Crippen LogP contribution < -0.4 is 5.23 Å². The largest absolute Gasteiger partial charge is 0.437 e. The number of nitrogens with zero attached hydrogens (tertiary/aromatic N) is 1. The summed E-state index contributed by atoms with van der Waals surface area (Å²) in [5, 5.41) is 12.4. The molecule has 0 atom stereocenters. The Morgan fingerprint density at radius 2 is 2.36 bits per heavy atom. The molecule has 0 aromatic carbocycles. The van der Waals surface area contributed by atoms with Crippen molar-refractivity contribution in [2.24, 2.45) is 0 Å². The molecule has 1 amide bonds. The van der Waals surface area contributed by atoms with Gasteiger partial charge < -0.3 is 10.3 Å². The molecule has 11 heavy (non-hydrogen) atoms. The number of rotatable bonds is 4. The van der Waals surface area contributed by atoms with Crippen LogP contribution >= 0.6 is 0 Å². The van der Waals surface area contributed by atoms with E-state index in [-0.39, 0.29) is 12.5 Å². The van der Waals surface area contributed by atoms with Gasteiger partial charge in [-0.1, -0.05) is 0 Å². The van der Waals surface area contributed by atoms with E-state index < -0.39 is 7.05 Å². The van der Waals surface area contributed by atoms with Crippen molar-refractivity contribution in [3.05, 3.63) is 0 Å². The lowest BCUT2D eigenvalue weighted by atomic mass is 9.89. The number of hydrogen-bond donors (Lipinski definition) is 2. The molecular formula is C5H13BN2O3. The molecule has 0 fully saturated rings. The van der Waals surface area contributed by atoms with Gasteiger partial charge in [0, 0.05) is 7.05 Å². The van der Waals surface area contributed by atoms with Gasteiger partial charge in [-0.3, -0.25) is 9.63 Å². The number of hydroxylamine groups is 2. The van der Waals surface area contributed by atoms with Gasteiger partial charge in [-0.25, -0.2) is 5.06 Å². The van der Waals surface area contributed by atoms with Gasteiger partial charge >= 0.3 is 7.05 Å². The Kier molecular flexibility index (Phi) is 4.84. The van der Waals surface area contributed by atoms with E-state index in [1.807, 2.05) is 0 Å². The summed E-state index contributed by atoms with van der Waals surface area (Å²) in [5.41, 5.74) is 0. The quantitative estimate of drug-likeness (QED) is 0.396. The highest BCUT2D eigenvalue weighted by molar-refractivity contribution is 6.45. The number of nitrogens with one attached hydrogen (secondary N) is 1. The SMILES string of the molecule is CON(C)C(=O)CNB(C)O. The highest BCUT2D eigenvalue weighted by Crippen LogP contribution is 1.81. The van der Waals surface area contributed by atoms with Gasteiger partial charge in [0.15, 0.2) is 0 Å². The summed E-state index contributed by atoms with van der Waals surface area (Å²) < 4.78 is 0. The standard InChI is InChI=1S/C5H13BN2O3/c1-6(10)7-4-5(9)8(2)11-3/h7,10H,4H2,1-3H3. The maximum Gasteiger partial charge on any atom is 0.374 e. The first-order valence-electron chi connectivity index (χ1n) is 3.30. The van der Waals surface area contributed by atoms with E-state index in [0.29, 0.717) is 0 Å². The van der Waals surface area contributed by atoms with Gasteiger partial charge in [0.25, 0.3) is 5.91 Å². The van der Waals surface area contributed by atoms with Crippen LogP contribution in [-0.4, -0.2) is 43.7 Å². The fourth-order valence-corrected chi connectivity index (χ4v) is 0.448. The maximum absolute atomic E-state index is 10.9. The lowest BCUT2D eigenvalue weighted by Gasteiger charge is -2.13. The van der Waals surface area contributed by atoms with Gasteiger partial charge in [-0.05, 0) is 6.82 Å². The molecule has 0 radical (unpaired) electrons. The average molecular weight is 160 g/mol. The normalized spacial score (nSPS) is 9.45. The van der Waals surface area contributed by atoms with Crippen LogP contribution in [0.4, 0.5) is 0 Å². The number of carbonyl (C=O) groups is 1. The molecule has 5 nitrogen and oxygen atoms in total. The summed E-state index contributed by atoms with van der Waals surface area (Å²) in [7, 11) is 2.23. The van der Waals surface area contributed by atoms with E-state index in [1.54, 1.807) is 6.82 Å². The fraction of sp³-hybridized carbons (Fsp3) is 0.800. The molecule has 6 heteroatoms. The Labute approximate surface area is 66.4 Å². The molecule has 2 N–H and O–H groups in total. The van der Waals surface area contributed by atoms with E-state index in [2.05, 4.69) is 10.1 Å². The fourth-order valence-electron chi connectivity index (χ4n) is 0.448. The number of amides is 1. The molecule has 0 bridgehead atoms. The molecule has 0 aliphatic carbocycles. The monoisotopic (exact) mass is 160 g/mol. The van der Waals surface area contributed by atoms with Gasteiger partial charge in [-0.15, -0.1) is 0 Å². The summed E-state index contributed by atoms with van der Waals surface area (Å²) in [6, 6.07) is 0. The third kappa shape index (κ3) is 4.77. The molecule has 0 saturated carbocycles. The maximum atomic E-state index is 10.9. The zero-order chi connectivity index (χ0) is 8.85. The Morgan fingerprint density at radius 3 is 2.73 bits per heavy atom. The molecule has 0 spiro atoms. The summed E-state index contributed by atoms with van der Waals surface area (Å²) in [5.74, 6) is -0.228. The summed E-state index contributed by atoms with van der Waals surface area (Å²) in [6.07, 6.45) is 0. The highest BCUT2D eigenvalue weighted by atomic mass is 16.7. The molecule has 0 saturated heterocycles. The van der Waals surface area contributed by atoms with Crippen LogP contribution in [0.25, 0.3) is 0 Å². The van der Waals surface area contributed by atoms with Crippen LogP contribution in [0.1, 0.15) is 0 Å². The molecule has 0 aliphatic heterocycles. The number of hydrogen-bond acceptors (Lipinski definition) is 4. The Bertz CT molecular complexity index is 131. The Balaban J connectivity index is 3.52. The van der Waals surface area contributed by atoms with Crippen molar-refractivity contribution in [2.45, 2.75) is 6.82 Å². The van der Waals surface area contributed by atoms with Crippen LogP contribution in [-0.2, 0) is 9.63 Å². The van der Waals surface area contributed by atoms with Crippen molar-refractivity contribution in [3.8, 4) is 0 Å². The molecule has 0 heterocycles. The van der Waals surface area contributed by atoms with Gasteiger partial charge in [0.1, 0.15) is 0 Å². The molecule has 0 unspecified atom stereocenters. The molecule has 0 aromatic heterocycles. The van der Waals surface area contributed by atoms with Crippen molar-refractivity contribution >= 4 is 13.0 Å². The van der Waals surface area contributed by atoms with Crippen molar-refractivity contribution < 1.29 is 14.7 Å². The minimum Gasteiger partial charge on any atom is -0.437 e. The first-order chi connectivity index (χ1) is 5.07. The van der Waals surface area contributed by atoms with Gasteiger partial charge in [-0.2, -0.15) is 0 Å². The van der Waals surface area contributed by atoms with E-state index >= 15 is 0 Å². The van der Waals surface area contributed by atoms with E-state index in [9.17, 15) is 4.79 Å². The predicted molar refractivity (Wildman–Crippen MR) is 41.6 cm³/mol. The second-order valence-electron chi connectivity index (χ2n) is 2.13. The average Bonchev–Trinajstić information content (AvgIpc) is 1.98. The lowest BCUT2D eigenvalue weighted by molar-refractivity contribution is -0.167. The molecule has 0 aromatic rings. The zero-order valence-corrected chi connectivity index (χ0v) is 7.00. The van der Waals surface area contributed by atoms with Crippen LogP contribution in [0.15, 0.2) is 0 Å². The van der Waals surface area contributed by atoms with E-state index in [4.69, 9.17) is 5.02 Å². The van der Waals surface area contributed by atoms with E-state index in [0.717, 1.165) is 5.06 Å². The third-order valence-electron chi connectivity index (χ3n) is 1.17. The Hall–Kier alpha value is -0.585. The number of likely N-dealkylation sites (N-methyl/N-ethyl adjacent to an activating group) is 1. The first kappa shape index (κ1) is 10.4. The highest BCUT2D eigenvalue weighted by Gasteiger charge is 2.09. The van der Waals surface area contributed by atoms with E-state index in [1.165, 1.54) is 14.2 Å². The molecule has 0 rings (SSSR count). The van der Waals surface area contributed by atoms with Crippen LogP contribution in [0.2, 0.25) is 6.82 Å². The summed E-state index contributed by atoms with van der Waals surface area (Å²) in [4.78, 5) is 15.5. The Morgan fingerprint density at radius 1 is 1.82 bits per heavy atom. The third-order valence-corrected chi connectivity index (χ3v) is 1.17. The van der Waals surface area contributed by atoms with Crippen molar-refractivity contribution in [3.63, 3.8) is 0 Å². The lowest BCUT2D eigenvalue weighted by Crippen LogP contribution is -2.40. The predicted octanol–water partition coefficient (Wildman–Crippen LogP) is -1.29. The van der Waals surface area contributed by atoms with Gasteiger partial charge in [0.2, 0.25) is 0 Å². The molecular weight excluding hydrogens is 147 g/mol. The molecule has 0 aliphatic rings. The van der Waals surface area contributed by atoms with Crippen molar-refractivity contribution in [1.29, 1.82) is 0 Å². The number of carbonyl (C=O) groups excluding carboxylic acids is 1. The second-order valence-corrected chi connectivity index (χ2v) is 2.13. The molecule has 64 valence electrons. The smallest absolute Gasteiger partial charge is 0.374 e. The zero-order valence-electron chi connectivity index (χ0n) is 7.00. The first-order valence-corrected chi connectivity index (χ1v) is 3.30. The van der Waals surface area contributed by atoms with Gasteiger partial charge in [0.05, 0.1) is 13.7 Å². The van der Waals surface area contributed by atoms with Crippen LogP contribution in [0.5, 0.6) is 0 Å². The topological polar surface area (TPSA) is 61.8 Å².